The highest BCUT2D eigenvalue weighted by molar-refractivity contribution is 9.10. The van der Waals surface area contributed by atoms with E-state index >= 15 is 0 Å². The van der Waals surface area contributed by atoms with E-state index in [-0.39, 0.29) is 16.0 Å². The van der Waals surface area contributed by atoms with Crippen LogP contribution < -0.4 is 0 Å². The van der Waals surface area contributed by atoms with Gasteiger partial charge < -0.3 is 5.11 Å². The van der Waals surface area contributed by atoms with Gasteiger partial charge in [0.25, 0.3) is 0 Å². The fourth-order valence-corrected chi connectivity index (χ4v) is 2.25. The Hall–Kier alpha value is -0.480. The molecule has 4 heteroatoms. The van der Waals surface area contributed by atoms with Gasteiger partial charge in [0.1, 0.15) is 11.6 Å². The highest BCUT2D eigenvalue weighted by Gasteiger charge is 2.31. The molecule has 0 fully saturated rings. The molecule has 0 aliphatic heterocycles. The first-order chi connectivity index (χ1) is 7.25. The van der Waals surface area contributed by atoms with Gasteiger partial charge in [-0.05, 0) is 47.3 Å². The summed E-state index contributed by atoms with van der Waals surface area (Å²) in [5.74, 6) is -1.30. The molecule has 1 atom stereocenters. The molecule has 0 radical (unpaired) electrons. The van der Waals surface area contributed by atoms with Crippen LogP contribution >= 0.6 is 15.9 Å². The topological polar surface area (TPSA) is 20.2 Å². The Morgan fingerprint density at radius 3 is 2.44 bits per heavy atom. The van der Waals surface area contributed by atoms with Crippen LogP contribution in [-0.2, 0) is 5.60 Å². The third-order valence-corrected chi connectivity index (χ3v) is 3.00. The van der Waals surface area contributed by atoms with E-state index < -0.39 is 17.2 Å². The Bertz CT molecular complexity index is 389. The first-order valence-corrected chi connectivity index (χ1v) is 5.91. The third kappa shape index (κ3) is 2.80. The maximum atomic E-state index is 13.8. The maximum absolute atomic E-state index is 13.8. The third-order valence-electron chi connectivity index (χ3n) is 2.39. The zero-order chi connectivity index (χ0) is 12.5. The van der Waals surface area contributed by atoms with Gasteiger partial charge >= 0.3 is 0 Å². The van der Waals surface area contributed by atoms with Crippen LogP contribution in [0.2, 0.25) is 0 Å². The van der Waals surface area contributed by atoms with Gasteiger partial charge in [-0.25, -0.2) is 8.78 Å². The Balaban J connectivity index is 3.26. The molecule has 0 saturated carbocycles. The first kappa shape index (κ1) is 13.6. The van der Waals surface area contributed by atoms with E-state index in [9.17, 15) is 13.9 Å². The summed E-state index contributed by atoms with van der Waals surface area (Å²) in [5.41, 5.74) is -1.76. The molecule has 0 aromatic heterocycles. The van der Waals surface area contributed by atoms with Gasteiger partial charge in [-0.1, -0.05) is 13.8 Å². The molecule has 0 spiro atoms. The van der Waals surface area contributed by atoms with E-state index in [1.54, 1.807) is 0 Å². The van der Waals surface area contributed by atoms with Crippen LogP contribution in [0.3, 0.4) is 0 Å². The SMILES string of the molecule is CC(C)CC(C)(O)c1c(F)ccc(Br)c1F. The molecule has 1 unspecified atom stereocenters. The zero-order valence-corrected chi connectivity index (χ0v) is 11.1. The fourth-order valence-electron chi connectivity index (χ4n) is 1.92. The molecule has 16 heavy (non-hydrogen) atoms. The molecule has 0 amide bonds. The summed E-state index contributed by atoms with van der Waals surface area (Å²) in [4.78, 5) is 0. The molecule has 0 heterocycles. The molecule has 0 aliphatic carbocycles. The van der Waals surface area contributed by atoms with Gasteiger partial charge in [-0.3, -0.25) is 0 Å². The van der Waals surface area contributed by atoms with Crippen molar-refractivity contribution >= 4 is 15.9 Å². The van der Waals surface area contributed by atoms with Gasteiger partial charge in [0.15, 0.2) is 0 Å². The van der Waals surface area contributed by atoms with Gasteiger partial charge in [0.2, 0.25) is 0 Å². The van der Waals surface area contributed by atoms with Crippen LogP contribution in [-0.4, -0.2) is 5.11 Å². The molecule has 1 rings (SSSR count). The number of halogens is 3. The molecule has 0 aliphatic rings. The number of rotatable bonds is 3. The standard InChI is InChI=1S/C12H15BrF2O/c1-7(2)6-12(3,16)10-9(14)5-4-8(13)11(10)15/h4-5,7,16H,6H2,1-3H3. The minimum Gasteiger partial charge on any atom is -0.385 e. The van der Waals surface area contributed by atoms with Crippen LogP contribution in [0, 0.1) is 17.6 Å². The van der Waals surface area contributed by atoms with Crippen LogP contribution in [0.1, 0.15) is 32.8 Å². The van der Waals surface area contributed by atoms with Crippen LogP contribution in [0.25, 0.3) is 0 Å². The van der Waals surface area contributed by atoms with Crippen LogP contribution in [0.4, 0.5) is 8.78 Å². The van der Waals surface area contributed by atoms with Gasteiger partial charge in [0, 0.05) is 0 Å². The first-order valence-electron chi connectivity index (χ1n) is 5.12. The highest BCUT2D eigenvalue weighted by atomic mass is 79.9. The minimum atomic E-state index is -1.49. The normalized spacial score (nSPS) is 15.2. The monoisotopic (exact) mass is 292 g/mol. The predicted octanol–water partition coefficient (Wildman–Crippen LogP) is 3.98. The molecule has 1 N–H and O–H groups in total. The summed E-state index contributed by atoms with van der Waals surface area (Å²) in [6.45, 7) is 5.21. The molecule has 1 aromatic carbocycles. The molecule has 1 nitrogen and oxygen atoms in total. The van der Waals surface area contributed by atoms with E-state index in [0.29, 0.717) is 6.42 Å². The van der Waals surface area contributed by atoms with Crippen molar-refractivity contribution in [3.8, 4) is 0 Å². The second-order valence-electron chi connectivity index (χ2n) is 4.59. The lowest BCUT2D eigenvalue weighted by atomic mass is 9.87. The summed E-state index contributed by atoms with van der Waals surface area (Å²) < 4.78 is 27.5. The fraction of sp³-hybridized carbons (Fsp3) is 0.500. The lowest BCUT2D eigenvalue weighted by molar-refractivity contribution is 0.0276. The Morgan fingerprint density at radius 1 is 1.38 bits per heavy atom. The summed E-state index contributed by atoms with van der Waals surface area (Å²) in [6, 6.07) is 2.44. The summed E-state index contributed by atoms with van der Waals surface area (Å²) in [7, 11) is 0. The van der Waals surface area contributed by atoms with E-state index in [0.717, 1.165) is 6.07 Å². The van der Waals surface area contributed by atoms with Crippen molar-refractivity contribution in [2.75, 3.05) is 0 Å². The smallest absolute Gasteiger partial charge is 0.146 e. The number of hydrogen-bond acceptors (Lipinski definition) is 1. The van der Waals surface area contributed by atoms with Crippen molar-refractivity contribution in [1.29, 1.82) is 0 Å². The van der Waals surface area contributed by atoms with Crippen molar-refractivity contribution in [1.82, 2.24) is 0 Å². The number of hydrogen-bond donors (Lipinski definition) is 1. The van der Waals surface area contributed by atoms with E-state index in [1.807, 2.05) is 13.8 Å². The molecule has 90 valence electrons. The van der Waals surface area contributed by atoms with Crippen molar-refractivity contribution in [2.24, 2.45) is 5.92 Å². The molecular formula is C12H15BrF2O. The van der Waals surface area contributed by atoms with Crippen molar-refractivity contribution in [2.45, 2.75) is 32.8 Å². The minimum absolute atomic E-state index is 0.146. The van der Waals surface area contributed by atoms with Gasteiger partial charge in [0.05, 0.1) is 15.6 Å². The second kappa shape index (κ2) is 4.80. The average Bonchev–Trinajstić information content (AvgIpc) is 2.09. The number of benzene rings is 1. The van der Waals surface area contributed by atoms with Crippen LogP contribution in [0.5, 0.6) is 0 Å². The molecule has 0 bridgehead atoms. The second-order valence-corrected chi connectivity index (χ2v) is 5.44. The van der Waals surface area contributed by atoms with E-state index in [4.69, 9.17) is 0 Å². The Morgan fingerprint density at radius 2 is 1.94 bits per heavy atom. The summed E-state index contributed by atoms with van der Waals surface area (Å²) in [5, 5.41) is 10.1. The van der Waals surface area contributed by atoms with E-state index in [1.165, 1.54) is 13.0 Å². The van der Waals surface area contributed by atoms with Gasteiger partial charge in [-0.2, -0.15) is 0 Å². The summed E-state index contributed by atoms with van der Waals surface area (Å²) in [6.07, 6.45) is 0.303. The number of aliphatic hydroxyl groups is 1. The predicted molar refractivity (Wildman–Crippen MR) is 63.1 cm³/mol. The Kier molecular flexibility index (Phi) is 4.07. The maximum Gasteiger partial charge on any atom is 0.146 e. The molecule has 1 aromatic rings. The lowest BCUT2D eigenvalue weighted by Crippen LogP contribution is -2.26. The van der Waals surface area contributed by atoms with Crippen molar-refractivity contribution in [3.05, 3.63) is 33.8 Å². The van der Waals surface area contributed by atoms with Crippen molar-refractivity contribution in [3.63, 3.8) is 0 Å². The summed E-state index contributed by atoms with van der Waals surface area (Å²) >= 11 is 2.99. The quantitative estimate of drug-likeness (QED) is 0.836. The average molecular weight is 293 g/mol. The van der Waals surface area contributed by atoms with Crippen molar-refractivity contribution < 1.29 is 13.9 Å². The Labute approximate surface area is 103 Å². The largest absolute Gasteiger partial charge is 0.385 e. The lowest BCUT2D eigenvalue weighted by Gasteiger charge is -2.27. The van der Waals surface area contributed by atoms with Gasteiger partial charge in [-0.15, -0.1) is 0 Å². The van der Waals surface area contributed by atoms with Crippen LogP contribution in [0.15, 0.2) is 16.6 Å². The zero-order valence-electron chi connectivity index (χ0n) is 9.52. The highest BCUT2D eigenvalue weighted by Crippen LogP contribution is 2.34. The van der Waals surface area contributed by atoms with E-state index in [2.05, 4.69) is 15.9 Å². The molecule has 0 saturated heterocycles. The molecular weight excluding hydrogens is 278 g/mol.